The van der Waals surface area contributed by atoms with Crippen LogP contribution in [0.2, 0.25) is 0 Å². The van der Waals surface area contributed by atoms with Gasteiger partial charge >= 0.3 is 12.0 Å². The van der Waals surface area contributed by atoms with E-state index in [-0.39, 0.29) is 18.7 Å². The van der Waals surface area contributed by atoms with Crippen LogP contribution in [-0.2, 0) is 14.3 Å². The van der Waals surface area contributed by atoms with Crippen molar-refractivity contribution in [2.75, 3.05) is 39.5 Å². The maximum Gasteiger partial charge on any atom is 0.317 e. The zero-order chi connectivity index (χ0) is 15.3. The van der Waals surface area contributed by atoms with Gasteiger partial charge in [0, 0.05) is 19.6 Å². The summed E-state index contributed by atoms with van der Waals surface area (Å²) in [5.41, 5.74) is -0.781. The minimum Gasteiger partial charge on any atom is -0.481 e. The minimum atomic E-state index is -0.802. The number of carboxylic acid groups (broad SMARTS) is 1. The van der Waals surface area contributed by atoms with Crippen LogP contribution in [-0.4, -0.2) is 67.6 Å². The first-order valence-corrected chi connectivity index (χ1v) is 7.53. The molecular formula is C14H24N2O5. The summed E-state index contributed by atoms with van der Waals surface area (Å²) in [6.45, 7) is 4.74. The molecule has 2 rings (SSSR count). The van der Waals surface area contributed by atoms with Crippen LogP contribution in [0.4, 0.5) is 4.79 Å². The van der Waals surface area contributed by atoms with E-state index in [9.17, 15) is 14.7 Å². The fraction of sp³-hybridized carbons (Fsp3) is 0.857. The number of likely N-dealkylation sites (tertiary alicyclic amines) is 1. The third kappa shape index (κ3) is 3.85. The minimum absolute atomic E-state index is 0.120. The van der Waals surface area contributed by atoms with Crippen molar-refractivity contribution >= 4 is 12.0 Å². The smallest absolute Gasteiger partial charge is 0.317 e. The quantitative estimate of drug-likeness (QED) is 0.780. The standard InChI is InChI=1S/C14H24N2O5/c1-2-3-14(12(17)18)4-5-16(10-14)13(19)15-8-11-9-20-6-7-21-11/h11H,2-10H2,1H3,(H,15,19)(H,17,18). The second-order valence-electron chi connectivity index (χ2n) is 5.76. The predicted octanol–water partition coefficient (Wildman–Crippen LogP) is 0.688. The molecule has 0 aromatic rings. The van der Waals surface area contributed by atoms with Crippen molar-refractivity contribution in [3.05, 3.63) is 0 Å². The van der Waals surface area contributed by atoms with Crippen LogP contribution in [0, 0.1) is 5.41 Å². The molecule has 0 bridgehead atoms. The maximum atomic E-state index is 12.1. The lowest BCUT2D eigenvalue weighted by Gasteiger charge is -2.26. The van der Waals surface area contributed by atoms with Crippen LogP contribution >= 0.6 is 0 Å². The average molecular weight is 300 g/mol. The van der Waals surface area contributed by atoms with Crippen molar-refractivity contribution < 1.29 is 24.2 Å². The van der Waals surface area contributed by atoms with E-state index in [2.05, 4.69) is 5.32 Å². The third-order valence-corrected chi connectivity index (χ3v) is 4.19. The van der Waals surface area contributed by atoms with Gasteiger partial charge in [0.2, 0.25) is 0 Å². The molecule has 2 amide bonds. The fourth-order valence-corrected chi connectivity index (χ4v) is 2.98. The number of aliphatic carboxylic acids is 1. The molecule has 7 nitrogen and oxygen atoms in total. The molecule has 2 atom stereocenters. The van der Waals surface area contributed by atoms with Gasteiger partial charge in [-0.05, 0) is 12.8 Å². The third-order valence-electron chi connectivity index (χ3n) is 4.19. The lowest BCUT2D eigenvalue weighted by atomic mass is 9.83. The van der Waals surface area contributed by atoms with Gasteiger partial charge in [-0.1, -0.05) is 13.3 Å². The van der Waals surface area contributed by atoms with Gasteiger partial charge in [-0.15, -0.1) is 0 Å². The number of carbonyl (C=O) groups excluding carboxylic acids is 1. The van der Waals surface area contributed by atoms with Crippen LogP contribution in [0.25, 0.3) is 0 Å². The number of carboxylic acids is 1. The van der Waals surface area contributed by atoms with E-state index < -0.39 is 11.4 Å². The summed E-state index contributed by atoms with van der Waals surface area (Å²) in [5, 5.41) is 12.2. The Morgan fingerprint density at radius 1 is 1.43 bits per heavy atom. The van der Waals surface area contributed by atoms with E-state index in [1.54, 1.807) is 4.90 Å². The zero-order valence-corrected chi connectivity index (χ0v) is 12.5. The maximum absolute atomic E-state index is 12.1. The Bertz CT molecular complexity index is 384. The molecular weight excluding hydrogens is 276 g/mol. The van der Waals surface area contributed by atoms with Gasteiger partial charge in [-0.25, -0.2) is 4.79 Å². The second kappa shape index (κ2) is 7.09. The largest absolute Gasteiger partial charge is 0.481 e. The Morgan fingerprint density at radius 3 is 2.86 bits per heavy atom. The summed E-state index contributed by atoms with van der Waals surface area (Å²) in [5.74, 6) is -0.802. The number of carbonyl (C=O) groups is 2. The number of nitrogens with one attached hydrogen (secondary N) is 1. The molecule has 2 aliphatic rings. The summed E-state index contributed by atoms with van der Waals surface area (Å²) in [7, 11) is 0. The fourth-order valence-electron chi connectivity index (χ4n) is 2.98. The second-order valence-corrected chi connectivity index (χ2v) is 5.76. The van der Waals surface area contributed by atoms with Crippen molar-refractivity contribution in [1.82, 2.24) is 10.2 Å². The SMILES string of the molecule is CCCC1(C(=O)O)CCN(C(=O)NCC2COCCO2)C1. The molecule has 0 radical (unpaired) electrons. The molecule has 2 aliphatic heterocycles. The van der Waals surface area contributed by atoms with Gasteiger partial charge < -0.3 is 24.8 Å². The number of urea groups is 1. The van der Waals surface area contributed by atoms with Gasteiger partial charge in [0.15, 0.2) is 0 Å². The van der Waals surface area contributed by atoms with Crippen molar-refractivity contribution in [3.8, 4) is 0 Å². The predicted molar refractivity (Wildman–Crippen MR) is 75.1 cm³/mol. The highest BCUT2D eigenvalue weighted by Gasteiger charge is 2.45. The number of rotatable bonds is 5. The van der Waals surface area contributed by atoms with E-state index in [1.807, 2.05) is 6.92 Å². The van der Waals surface area contributed by atoms with Crippen LogP contribution in [0.15, 0.2) is 0 Å². The van der Waals surface area contributed by atoms with E-state index in [4.69, 9.17) is 9.47 Å². The summed E-state index contributed by atoms with van der Waals surface area (Å²) in [4.78, 5) is 25.2. The van der Waals surface area contributed by atoms with E-state index in [0.29, 0.717) is 45.8 Å². The molecule has 21 heavy (non-hydrogen) atoms. The Morgan fingerprint density at radius 2 is 2.24 bits per heavy atom. The van der Waals surface area contributed by atoms with Crippen molar-refractivity contribution in [2.45, 2.75) is 32.3 Å². The van der Waals surface area contributed by atoms with Gasteiger partial charge in [0.1, 0.15) is 0 Å². The summed E-state index contributed by atoms with van der Waals surface area (Å²) >= 11 is 0. The van der Waals surface area contributed by atoms with Crippen molar-refractivity contribution in [1.29, 1.82) is 0 Å². The Labute approximate surface area is 124 Å². The van der Waals surface area contributed by atoms with Crippen molar-refractivity contribution in [3.63, 3.8) is 0 Å². The number of amides is 2. The van der Waals surface area contributed by atoms with Gasteiger partial charge in [-0.3, -0.25) is 4.79 Å². The van der Waals surface area contributed by atoms with Crippen LogP contribution in [0.5, 0.6) is 0 Å². The van der Waals surface area contributed by atoms with Crippen LogP contribution in [0.3, 0.4) is 0 Å². The Hall–Kier alpha value is -1.34. The molecule has 0 aromatic heterocycles. The lowest BCUT2D eigenvalue weighted by molar-refractivity contribution is -0.148. The molecule has 120 valence electrons. The number of hydrogen-bond donors (Lipinski definition) is 2. The monoisotopic (exact) mass is 300 g/mol. The van der Waals surface area contributed by atoms with Gasteiger partial charge in [0.25, 0.3) is 0 Å². The molecule has 7 heteroatoms. The van der Waals surface area contributed by atoms with Gasteiger partial charge in [-0.2, -0.15) is 0 Å². The molecule has 0 aliphatic carbocycles. The molecule has 2 N–H and O–H groups in total. The molecule has 2 unspecified atom stereocenters. The number of hydrogen-bond acceptors (Lipinski definition) is 4. The highest BCUT2D eigenvalue weighted by atomic mass is 16.6. The Kier molecular flexibility index (Phi) is 5.41. The molecule has 0 aromatic carbocycles. The summed E-state index contributed by atoms with van der Waals surface area (Å²) < 4.78 is 10.7. The van der Waals surface area contributed by atoms with Gasteiger partial charge in [0.05, 0.1) is 31.3 Å². The van der Waals surface area contributed by atoms with E-state index >= 15 is 0 Å². The highest BCUT2D eigenvalue weighted by molar-refractivity contribution is 5.79. The normalized spacial score (nSPS) is 29.4. The first-order valence-electron chi connectivity index (χ1n) is 7.53. The average Bonchev–Trinajstić information content (AvgIpc) is 2.92. The number of nitrogens with zero attached hydrogens (tertiary/aromatic N) is 1. The molecule has 2 heterocycles. The zero-order valence-electron chi connectivity index (χ0n) is 12.5. The molecule has 0 spiro atoms. The lowest BCUT2D eigenvalue weighted by Crippen LogP contribution is -2.46. The summed E-state index contributed by atoms with van der Waals surface area (Å²) in [6, 6.07) is -0.219. The molecule has 2 fully saturated rings. The van der Waals surface area contributed by atoms with E-state index in [1.165, 1.54) is 0 Å². The molecule has 0 saturated carbocycles. The Balaban J connectivity index is 1.82. The van der Waals surface area contributed by atoms with Crippen LogP contribution in [0.1, 0.15) is 26.2 Å². The number of ether oxygens (including phenoxy) is 2. The highest BCUT2D eigenvalue weighted by Crippen LogP contribution is 2.35. The first-order chi connectivity index (χ1) is 10.1. The first kappa shape index (κ1) is 16.0. The van der Waals surface area contributed by atoms with Crippen LogP contribution < -0.4 is 5.32 Å². The topological polar surface area (TPSA) is 88.1 Å². The van der Waals surface area contributed by atoms with Crippen molar-refractivity contribution in [2.24, 2.45) is 5.41 Å². The van der Waals surface area contributed by atoms with E-state index in [0.717, 1.165) is 6.42 Å². The summed E-state index contributed by atoms with van der Waals surface area (Å²) in [6.07, 6.45) is 1.80. The molecule has 2 saturated heterocycles.